The highest BCUT2D eigenvalue weighted by molar-refractivity contribution is 5.68. The molecular weight excluding hydrogens is 226 g/mol. The standard InChI is InChI=1S/C11H21NO5/c1-11(2,3)17-10(15)12-7-4-5-8(9(13)14)16-6-7/h7-9,13-14H,4-6H2,1-3H3,(H,12,15)/t7-,8+/m1/s1. The van der Waals surface area contributed by atoms with Gasteiger partial charge in [0.05, 0.1) is 12.6 Å². The van der Waals surface area contributed by atoms with Gasteiger partial charge in [0.2, 0.25) is 0 Å². The van der Waals surface area contributed by atoms with Gasteiger partial charge in [0.25, 0.3) is 0 Å². The number of carbonyl (C=O) groups excluding carboxylic acids is 1. The molecule has 1 saturated heterocycles. The SMILES string of the molecule is CC(C)(C)OC(=O)N[C@@H]1CC[C@@H](C(O)O)OC1. The molecule has 1 amide bonds. The molecule has 1 rings (SSSR count). The number of ether oxygens (including phenoxy) is 2. The molecule has 0 saturated carbocycles. The van der Waals surface area contributed by atoms with Crippen LogP contribution in [0.1, 0.15) is 33.6 Å². The molecule has 6 heteroatoms. The van der Waals surface area contributed by atoms with Gasteiger partial charge in [-0.3, -0.25) is 0 Å². The average Bonchev–Trinajstić information content (AvgIpc) is 2.15. The van der Waals surface area contributed by atoms with E-state index in [0.29, 0.717) is 12.8 Å². The summed E-state index contributed by atoms with van der Waals surface area (Å²) in [5.41, 5.74) is -0.524. The quantitative estimate of drug-likeness (QED) is 0.614. The van der Waals surface area contributed by atoms with Crippen molar-refractivity contribution in [2.24, 2.45) is 0 Å². The monoisotopic (exact) mass is 247 g/mol. The molecule has 17 heavy (non-hydrogen) atoms. The highest BCUT2D eigenvalue weighted by Crippen LogP contribution is 2.16. The highest BCUT2D eigenvalue weighted by Gasteiger charge is 2.28. The summed E-state index contributed by atoms with van der Waals surface area (Å²) >= 11 is 0. The van der Waals surface area contributed by atoms with E-state index in [4.69, 9.17) is 19.7 Å². The summed E-state index contributed by atoms with van der Waals surface area (Å²) in [5.74, 6) is 0. The van der Waals surface area contributed by atoms with Gasteiger partial charge in [-0.15, -0.1) is 0 Å². The van der Waals surface area contributed by atoms with E-state index >= 15 is 0 Å². The molecule has 0 spiro atoms. The molecule has 3 N–H and O–H groups in total. The molecule has 0 unspecified atom stereocenters. The molecular formula is C11H21NO5. The third-order valence-corrected chi connectivity index (χ3v) is 2.36. The number of nitrogens with one attached hydrogen (secondary N) is 1. The van der Waals surface area contributed by atoms with Crippen molar-refractivity contribution in [2.45, 2.75) is 57.6 Å². The summed E-state index contributed by atoms with van der Waals surface area (Å²) < 4.78 is 10.3. The lowest BCUT2D eigenvalue weighted by molar-refractivity contribution is -0.162. The van der Waals surface area contributed by atoms with Crippen molar-refractivity contribution in [3.8, 4) is 0 Å². The van der Waals surface area contributed by atoms with Crippen LogP contribution in [-0.2, 0) is 9.47 Å². The van der Waals surface area contributed by atoms with E-state index < -0.39 is 24.1 Å². The Kier molecular flexibility index (Phi) is 4.73. The van der Waals surface area contributed by atoms with E-state index in [1.54, 1.807) is 20.8 Å². The summed E-state index contributed by atoms with van der Waals surface area (Å²) in [6.45, 7) is 5.65. The maximum Gasteiger partial charge on any atom is 0.407 e. The van der Waals surface area contributed by atoms with E-state index in [1.807, 2.05) is 0 Å². The smallest absolute Gasteiger partial charge is 0.407 e. The predicted octanol–water partition coefficient (Wildman–Crippen LogP) is 0.369. The largest absolute Gasteiger partial charge is 0.444 e. The summed E-state index contributed by atoms with van der Waals surface area (Å²) in [5, 5.41) is 20.5. The Hall–Kier alpha value is -0.850. The second-order valence-corrected chi connectivity index (χ2v) is 5.21. The van der Waals surface area contributed by atoms with Gasteiger partial charge in [-0.1, -0.05) is 0 Å². The number of hydrogen-bond donors (Lipinski definition) is 3. The van der Waals surface area contributed by atoms with E-state index in [-0.39, 0.29) is 12.6 Å². The molecule has 1 aliphatic rings. The normalized spacial score (nSPS) is 25.8. The zero-order chi connectivity index (χ0) is 13.1. The van der Waals surface area contributed by atoms with Gasteiger partial charge < -0.3 is 25.0 Å². The van der Waals surface area contributed by atoms with Crippen molar-refractivity contribution in [1.29, 1.82) is 0 Å². The minimum absolute atomic E-state index is 0.139. The Morgan fingerprint density at radius 2 is 2.06 bits per heavy atom. The minimum Gasteiger partial charge on any atom is -0.444 e. The molecule has 0 aliphatic carbocycles. The number of alkyl carbamates (subject to hydrolysis) is 1. The molecule has 0 aromatic rings. The first-order chi connectivity index (χ1) is 7.78. The van der Waals surface area contributed by atoms with Crippen molar-refractivity contribution < 1.29 is 24.5 Å². The molecule has 100 valence electrons. The predicted molar refractivity (Wildman–Crippen MR) is 60.4 cm³/mol. The Morgan fingerprint density at radius 3 is 2.47 bits per heavy atom. The van der Waals surface area contributed by atoms with Crippen LogP contribution in [-0.4, -0.2) is 47.0 Å². The van der Waals surface area contributed by atoms with E-state index in [0.717, 1.165) is 0 Å². The van der Waals surface area contributed by atoms with Crippen LogP contribution < -0.4 is 5.32 Å². The Labute approximate surface area is 101 Å². The van der Waals surface area contributed by atoms with Gasteiger partial charge in [-0.2, -0.15) is 0 Å². The Bertz CT molecular complexity index is 253. The third kappa shape index (κ3) is 5.34. The van der Waals surface area contributed by atoms with Crippen LogP contribution >= 0.6 is 0 Å². The van der Waals surface area contributed by atoms with E-state index in [9.17, 15) is 4.79 Å². The fourth-order valence-corrected chi connectivity index (χ4v) is 1.60. The lowest BCUT2D eigenvalue weighted by Gasteiger charge is -2.31. The maximum atomic E-state index is 11.5. The second-order valence-electron chi connectivity index (χ2n) is 5.21. The van der Waals surface area contributed by atoms with E-state index in [2.05, 4.69) is 5.32 Å². The third-order valence-electron chi connectivity index (χ3n) is 2.36. The van der Waals surface area contributed by atoms with Crippen LogP contribution in [0, 0.1) is 0 Å². The first kappa shape index (κ1) is 14.2. The molecule has 1 heterocycles. The summed E-state index contributed by atoms with van der Waals surface area (Å²) in [6, 6.07) is -0.139. The molecule has 0 bridgehead atoms. The number of aliphatic hydroxyl groups is 2. The van der Waals surface area contributed by atoms with Gasteiger partial charge in [0, 0.05) is 0 Å². The number of aliphatic hydroxyl groups excluding tert-OH is 1. The number of carbonyl (C=O) groups is 1. The minimum atomic E-state index is -1.46. The van der Waals surface area contributed by atoms with Crippen molar-refractivity contribution in [3.63, 3.8) is 0 Å². The van der Waals surface area contributed by atoms with Gasteiger partial charge in [-0.25, -0.2) is 4.79 Å². The Balaban J connectivity index is 2.29. The van der Waals surface area contributed by atoms with Crippen molar-refractivity contribution in [1.82, 2.24) is 5.32 Å². The molecule has 0 aromatic heterocycles. The molecule has 0 radical (unpaired) electrons. The summed E-state index contributed by atoms with van der Waals surface area (Å²) in [6.07, 6.45) is -1.36. The van der Waals surface area contributed by atoms with Gasteiger partial charge in [0.15, 0.2) is 6.29 Å². The van der Waals surface area contributed by atoms with Gasteiger partial charge in [-0.05, 0) is 33.6 Å². The number of hydrogen-bond acceptors (Lipinski definition) is 5. The van der Waals surface area contributed by atoms with Crippen LogP contribution in [0.5, 0.6) is 0 Å². The zero-order valence-corrected chi connectivity index (χ0v) is 10.5. The maximum absolute atomic E-state index is 11.5. The fraction of sp³-hybridized carbons (Fsp3) is 0.909. The fourth-order valence-electron chi connectivity index (χ4n) is 1.60. The van der Waals surface area contributed by atoms with Crippen molar-refractivity contribution in [3.05, 3.63) is 0 Å². The topological polar surface area (TPSA) is 88.0 Å². The first-order valence-electron chi connectivity index (χ1n) is 5.75. The van der Waals surface area contributed by atoms with Crippen LogP contribution in [0.2, 0.25) is 0 Å². The highest BCUT2D eigenvalue weighted by atomic mass is 16.6. The lowest BCUT2D eigenvalue weighted by atomic mass is 10.0. The molecule has 1 fully saturated rings. The van der Waals surface area contributed by atoms with Gasteiger partial charge >= 0.3 is 6.09 Å². The van der Waals surface area contributed by atoms with Crippen molar-refractivity contribution >= 4 is 6.09 Å². The van der Waals surface area contributed by atoms with Crippen LogP contribution in [0.25, 0.3) is 0 Å². The van der Waals surface area contributed by atoms with Crippen molar-refractivity contribution in [2.75, 3.05) is 6.61 Å². The molecule has 2 atom stereocenters. The summed E-state index contributed by atoms with van der Waals surface area (Å²) in [7, 11) is 0. The van der Waals surface area contributed by atoms with Crippen LogP contribution in [0.15, 0.2) is 0 Å². The zero-order valence-electron chi connectivity index (χ0n) is 10.5. The van der Waals surface area contributed by atoms with E-state index in [1.165, 1.54) is 0 Å². The second kappa shape index (κ2) is 5.66. The number of rotatable bonds is 2. The van der Waals surface area contributed by atoms with Crippen LogP contribution in [0.3, 0.4) is 0 Å². The van der Waals surface area contributed by atoms with Crippen LogP contribution in [0.4, 0.5) is 4.79 Å². The summed E-state index contributed by atoms with van der Waals surface area (Å²) in [4.78, 5) is 11.5. The molecule has 1 aliphatic heterocycles. The average molecular weight is 247 g/mol. The first-order valence-corrected chi connectivity index (χ1v) is 5.75. The molecule has 0 aromatic carbocycles. The number of amides is 1. The molecule has 6 nitrogen and oxygen atoms in total. The van der Waals surface area contributed by atoms with Gasteiger partial charge in [0.1, 0.15) is 11.7 Å². The lowest BCUT2D eigenvalue weighted by Crippen LogP contribution is -2.46. The Morgan fingerprint density at radius 1 is 1.41 bits per heavy atom.